The van der Waals surface area contributed by atoms with E-state index < -0.39 is 10.1 Å². The van der Waals surface area contributed by atoms with Crippen molar-refractivity contribution in [1.82, 2.24) is 0 Å². The van der Waals surface area contributed by atoms with Crippen LogP contribution in [0, 0.1) is 5.92 Å². The molecule has 0 aromatic carbocycles. The Bertz CT molecular complexity index is 407. The Balaban J connectivity index is 0. The molecule has 2 atom stereocenters. The summed E-state index contributed by atoms with van der Waals surface area (Å²) in [6, 6.07) is 0. The molecule has 0 aliphatic rings. The van der Waals surface area contributed by atoms with E-state index in [4.69, 9.17) is 18.9 Å². The van der Waals surface area contributed by atoms with Crippen LogP contribution < -0.4 is 29.6 Å². The molecule has 0 aliphatic carbocycles. The molecule has 0 bridgehead atoms. The van der Waals surface area contributed by atoms with Gasteiger partial charge in [0, 0.05) is 12.4 Å². The molecule has 0 N–H and O–H groups in total. The number of hydrogen-bond donors (Lipinski definition) is 0. The second kappa shape index (κ2) is 20.0. The van der Waals surface area contributed by atoms with E-state index >= 15 is 0 Å². The Hall–Kier alpha value is 0.750. The van der Waals surface area contributed by atoms with Gasteiger partial charge in [0.05, 0.1) is 43.2 Å². The van der Waals surface area contributed by atoms with E-state index in [0.717, 1.165) is 13.0 Å². The molecule has 0 aromatic heterocycles. The zero-order chi connectivity index (χ0) is 19.7. The van der Waals surface area contributed by atoms with Gasteiger partial charge < -0.3 is 23.5 Å². The normalized spacial score (nSPS) is 13.9. The number of hydrogen-bond acceptors (Lipinski definition) is 7. The van der Waals surface area contributed by atoms with Crippen LogP contribution in [0.5, 0.6) is 0 Å². The van der Waals surface area contributed by atoms with Crippen LogP contribution in [0.2, 0.25) is 0 Å². The molecule has 0 amide bonds. The SMILES string of the molecule is CCCCC(CC)COC(C)OCCOCCOCCCCS(=O)(=O)[O-].[Na+]. The van der Waals surface area contributed by atoms with Gasteiger partial charge in [-0.15, -0.1) is 0 Å². The smallest absolute Gasteiger partial charge is 0.748 e. The molecule has 0 rings (SSSR count). The van der Waals surface area contributed by atoms with Gasteiger partial charge in [0.15, 0.2) is 6.29 Å². The van der Waals surface area contributed by atoms with Crippen molar-refractivity contribution in [2.75, 3.05) is 45.4 Å². The number of ether oxygens (including phenoxy) is 4. The molecule has 9 heteroatoms. The second-order valence-corrected chi connectivity index (χ2v) is 7.91. The molecule has 27 heavy (non-hydrogen) atoms. The average Bonchev–Trinajstić information content (AvgIpc) is 2.58. The standard InChI is InChI=1S/C18H38O7S.Na/c1-4-6-9-18(5-2)16-25-17(3)24-14-13-23-12-11-22-10-7-8-15-26(19,20)21;/h17-18H,4-16H2,1-3H3,(H,19,20,21);/q;+1/p-1. The summed E-state index contributed by atoms with van der Waals surface area (Å²) in [6.07, 6.45) is 5.43. The van der Waals surface area contributed by atoms with Crippen molar-refractivity contribution in [3.8, 4) is 0 Å². The van der Waals surface area contributed by atoms with Crippen molar-refractivity contribution in [2.45, 2.75) is 65.6 Å². The van der Waals surface area contributed by atoms with E-state index in [1.165, 1.54) is 19.3 Å². The second-order valence-electron chi connectivity index (χ2n) is 6.38. The van der Waals surface area contributed by atoms with Crippen LogP contribution in [0.4, 0.5) is 0 Å². The van der Waals surface area contributed by atoms with E-state index in [1.54, 1.807) is 0 Å². The number of unbranched alkanes of at least 4 members (excludes halogenated alkanes) is 2. The third-order valence-corrected chi connectivity index (χ3v) is 4.78. The van der Waals surface area contributed by atoms with Gasteiger partial charge in [0.25, 0.3) is 0 Å². The van der Waals surface area contributed by atoms with Gasteiger partial charge in [-0.25, -0.2) is 8.42 Å². The molecule has 0 saturated carbocycles. The molecule has 0 fully saturated rings. The van der Waals surface area contributed by atoms with Crippen LogP contribution in [-0.2, 0) is 29.1 Å². The first-order valence-electron chi connectivity index (χ1n) is 9.71. The predicted molar refractivity (Wildman–Crippen MR) is 100 cm³/mol. The molecule has 2 unspecified atom stereocenters. The zero-order valence-corrected chi connectivity index (χ0v) is 20.4. The van der Waals surface area contributed by atoms with E-state index in [-0.39, 0.29) is 41.6 Å². The van der Waals surface area contributed by atoms with Crippen molar-refractivity contribution in [1.29, 1.82) is 0 Å². The van der Waals surface area contributed by atoms with Gasteiger partial charge in [-0.1, -0.05) is 33.1 Å². The fraction of sp³-hybridized carbons (Fsp3) is 1.00. The topological polar surface area (TPSA) is 94.1 Å². The average molecular weight is 421 g/mol. The maximum atomic E-state index is 10.4. The molecule has 0 aromatic rings. The molecule has 0 saturated heterocycles. The zero-order valence-electron chi connectivity index (χ0n) is 17.6. The van der Waals surface area contributed by atoms with Gasteiger partial charge >= 0.3 is 29.6 Å². The minimum atomic E-state index is -4.11. The molecular formula is C18H37NaO7S. The van der Waals surface area contributed by atoms with Crippen LogP contribution >= 0.6 is 0 Å². The Morgan fingerprint density at radius 2 is 1.52 bits per heavy atom. The summed E-state index contributed by atoms with van der Waals surface area (Å²) in [5, 5.41) is 0. The van der Waals surface area contributed by atoms with Crippen LogP contribution in [0.15, 0.2) is 0 Å². The quantitative estimate of drug-likeness (QED) is 0.125. The van der Waals surface area contributed by atoms with Crippen molar-refractivity contribution in [3.05, 3.63) is 0 Å². The van der Waals surface area contributed by atoms with Crippen molar-refractivity contribution in [3.63, 3.8) is 0 Å². The Morgan fingerprint density at radius 3 is 2.11 bits per heavy atom. The van der Waals surface area contributed by atoms with Gasteiger partial charge in [-0.05, 0) is 32.1 Å². The minimum Gasteiger partial charge on any atom is -0.748 e. The summed E-state index contributed by atoms with van der Waals surface area (Å²) in [5.41, 5.74) is 0. The summed E-state index contributed by atoms with van der Waals surface area (Å²) in [5.74, 6) is 0.269. The molecular weight excluding hydrogens is 383 g/mol. The van der Waals surface area contributed by atoms with Crippen LogP contribution in [-0.4, -0.2) is 64.7 Å². The monoisotopic (exact) mass is 420 g/mol. The fourth-order valence-corrected chi connectivity index (χ4v) is 2.85. The molecule has 0 heterocycles. The maximum Gasteiger partial charge on any atom is 1.00 e. The first-order valence-corrected chi connectivity index (χ1v) is 11.3. The summed E-state index contributed by atoms with van der Waals surface area (Å²) in [6.45, 7) is 9.28. The first-order chi connectivity index (χ1) is 12.4. The van der Waals surface area contributed by atoms with E-state index in [1.807, 2.05) is 6.92 Å². The predicted octanol–water partition coefficient (Wildman–Crippen LogP) is -0.0554. The molecule has 0 radical (unpaired) electrons. The van der Waals surface area contributed by atoms with Crippen LogP contribution in [0.25, 0.3) is 0 Å². The third kappa shape index (κ3) is 22.9. The molecule has 0 spiro atoms. The van der Waals surface area contributed by atoms with Gasteiger partial charge in [0.1, 0.15) is 0 Å². The molecule has 158 valence electrons. The number of rotatable bonds is 19. The van der Waals surface area contributed by atoms with Crippen LogP contribution in [0.3, 0.4) is 0 Å². The summed E-state index contributed by atoms with van der Waals surface area (Å²) >= 11 is 0. The minimum absolute atomic E-state index is 0. The summed E-state index contributed by atoms with van der Waals surface area (Å²) in [7, 11) is -4.11. The van der Waals surface area contributed by atoms with E-state index in [2.05, 4.69) is 13.8 Å². The Morgan fingerprint density at radius 1 is 0.889 bits per heavy atom. The van der Waals surface area contributed by atoms with Crippen molar-refractivity contribution in [2.24, 2.45) is 5.92 Å². The molecule has 0 aliphatic heterocycles. The van der Waals surface area contributed by atoms with Crippen molar-refractivity contribution < 1.29 is 61.5 Å². The third-order valence-electron chi connectivity index (χ3n) is 4.00. The largest absolute Gasteiger partial charge is 1.00 e. The van der Waals surface area contributed by atoms with Gasteiger partial charge in [-0.3, -0.25) is 0 Å². The van der Waals surface area contributed by atoms with Gasteiger partial charge in [-0.2, -0.15) is 0 Å². The summed E-state index contributed by atoms with van der Waals surface area (Å²) < 4.78 is 53.2. The van der Waals surface area contributed by atoms with E-state index in [0.29, 0.717) is 51.8 Å². The summed E-state index contributed by atoms with van der Waals surface area (Å²) in [4.78, 5) is 0. The Kier molecular flexibility index (Phi) is 22.2. The van der Waals surface area contributed by atoms with Crippen LogP contribution in [0.1, 0.15) is 59.3 Å². The van der Waals surface area contributed by atoms with E-state index in [9.17, 15) is 13.0 Å². The van der Waals surface area contributed by atoms with Crippen molar-refractivity contribution >= 4 is 10.1 Å². The maximum absolute atomic E-state index is 10.4. The van der Waals surface area contributed by atoms with Gasteiger partial charge in [0.2, 0.25) is 0 Å². The Labute approximate surface area is 187 Å². The first kappa shape index (κ1) is 29.9. The molecule has 7 nitrogen and oxygen atoms in total. The fourth-order valence-electron chi connectivity index (χ4n) is 2.30.